The average molecular weight is 363 g/mol. The third-order valence-corrected chi connectivity index (χ3v) is 4.02. The van der Waals surface area contributed by atoms with E-state index in [9.17, 15) is 14.7 Å². The van der Waals surface area contributed by atoms with Crippen LogP contribution in [0.4, 0.5) is 5.69 Å². The minimum atomic E-state index is -1.16. The molecule has 0 bridgehead atoms. The molecule has 0 spiro atoms. The number of carbonyl (C=O) groups excluding carboxylic acids is 1. The van der Waals surface area contributed by atoms with Crippen LogP contribution in [0, 0.1) is 0 Å². The van der Waals surface area contributed by atoms with Crippen LogP contribution in [0.15, 0.2) is 49.2 Å². The Balaban J connectivity index is 1.65. The summed E-state index contributed by atoms with van der Waals surface area (Å²) in [5.41, 5.74) is 0.869. The Morgan fingerprint density at radius 2 is 2.04 bits per heavy atom. The molecule has 0 unspecified atom stereocenters. The van der Waals surface area contributed by atoms with E-state index >= 15 is 0 Å². The summed E-state index contributed by atoms with van der Waals surface area (Å²) >= 11 is 0. The molecular weight excluding hydrogens is 350 g/mol. The van der Waals surface area contributed by atoms with Gasteiger partial charge < -0.3 is 10.4 Å². The van der Waals surface area contributed by atoms with Gasteiger partial charge in [0.2, 0.25) is 0 Å². The van der Waals surface area contributed by atoms with Gasteiger partial charge in [-0.3, -0.25) is 14.0 Å². The number of carbonyl (C=O) groups is 2. The number of rotatable bonds is 4. The largest absolute Gasteiger partial charge is 0.478 e. The van der Waals surface area contributed by atoms with Gasteiger partial charge in [-0.2, -0.15) is 5.10 Å². The van der Waals surface area contributed by atoms with Gasteiger partial charge in [0.1, 0.15) is 6.33 Å². The molecule has 134 valence electrons. The number of amides is 1. The van der Waals surface area contributed by atoms with Gasteiger partial charge in [0.15, 0.2) is 11.5 Å². The summed E-state index contributed by atoms with van der Waals surface area (Å²) in [6.07, 6.45) is 6.43. The summed E-state index contributed by atoms with van der Waals surface area (Å²) in [6, 6.07) is 6.15. The number of imidazole rings is 1. The Hall–Kier alpha value is -4.08. The maximum atomic E-state index is 12.5. The van der Waals surface area contributed by atoms with Gasteiger partial charge in [-0.25, -0.2) is 9.78 Å². The van der Waals surface area contributed by atoms with Crippen molar-refractivity contribution in [1.82, 2.24) is 29.5 Å². The van der Waals surface area contributed by atoms with Crippen molar-refractivity contribution in [3.05, 3.63) is 60.4 Å². The summed E-state index contributed by atoms with van der Waals surface area (Å²) in [5.74, 6) is -1.21. The number of aromatic carboxylic acids is 1. The smallest absolute Gasteiger partial charge is 0.337 e. The molecule has 4 rings (SSSR count). The number of carboxylic acid groups (broad SMARTS) is 1. The molecule has 0 atom stereocenters. The van der Waals surface area contributed by atoms with E-state index in [1.807, 2.05) is 0 Å². The van der Waals surface area contributed by atoms with Crippen LogP contribution in [0.5, 0.6) is 0 Å². The zero-order valence-corrected chi connectivity index (χ0v) is 14.1. The van der Waals surface area contributed by atoms with Gasteiger partial charge in [0.25, 0.3) is 5.91 Å². The van der Waals surface area contributed by atoms with E-state index in [0.29, 0.717) is 16.7 Å². The van der Waals surface area contributed by atoms with E-state index in [1.54, 1.807) is 53.3 Å². The van der Waals surface area contributed by atoms with Gasteiger partial charge in [0, 0.05) is 24.8 Å². The molecule has 4 aromatic rings. The van der Waals surface area contributed by atoms with E-state index in [4.69, 9.17) is 0 Å². The minimum Gasteiger partial charge on any atom is -0.478 e. The van der Waals surface area contributed by atoms with Crippen LogP contribution in [-0.4, -0.2) is 46.5 Å². The molecule has 0 saturated heterocycles. The van der Waals surface area contributed by atoms with Crippen LogP contribution in [-0.2, 0) is 7.05 Å². The first-order valence-corrected chi connectivity index (χ1v) is 7.85. The molecule has 3 heterocycles. The van der Waals surface area contributed by atoms with Crippen LogP contribution >= 0.6 is 0 Å². The SMILES string of the molecule is Cn1ncc2cc(C(=O)O)c(NC(=O)c3ccc(-n4ccnc4)nn3)cc21. The average Bonchev–Trinajstić information content (AvgIpc) is 3.32. The lowest BCUT2D eigenvalue weighted by atomic mass is 10.1. The van der Waals surface area contributed by atoms with Gasteiger partial charge in [0.05, 0.1) is 23.0 Å². The number of aryl methyl sites for hydroxylation is 1. The topological polar surface area (TPSA) is 128 Å². The molecule has 0 saturated carbocycles. The monoisotopic (exact) mass is 363 g/mol. The lowest BCUT2D eigenvalue weighted by molar-refractivity contribution is 0.0698. The van der Waals surface area contributed by atoms with E-state index < -0.39 is 11.9 Å². The number of hydrogen-bond donors (Lipinski definition) is 2. The number of benzene rings is 1. The number of nitrogens with zero attached hydrogens (tertiary/aromatic N) is 6. The van der Waals surface area contributed by atoms with Crippen molar-refractivity contribution in [2.75, 3.05) is 5.32 Å². The normalized spacial score (nSPS) is 10.9. The predicted molar refractivity (Wildman–Crippen MR) is 94.8 cm³/mol. The predicted octanol–water partition coefficient (Wildman–Crippen LogP) is 1.50. The van der Waals surface area contributed by atoms with Gasteiger partial charge in [-0.1, -0.05) is 0 Å². The number of hydrogen-bond acceptors (Lipinski definition) is 6. The molecule has 1 amide bonds. The third kappa shape index (κ3) is 2.99. The highest BCUT2D eigenvalue weighted by atomic mass is 16.4. The van der Waals surface area contributed by atoms with Crippen LogP contribution < -0.4 is 5.32 Å². The summed E-state index contributed by atoms with van der Waals surface area (Å²) in [4.78, 5) is 28.0. The fourth-order valence-corrected chi connectivity index (χ4v) is 2.65. The molecule has 0 aliphatic carbocycles. The fraction of sp³-hybridized carbons (Fsp3) is 0.0588. The van der Waals surface area contributed by atoms with E-state index in [-0.39, 0.29) is 16.9 Å². The Kier molecular flexibility index (Phi) is 3.84. The van der Waals surface area contributed by atoms with Gasteiger partial charge in [-0.15, -0.1) is 10.2 Å². The molecule has 10 nitrogen and oxygen atoms in total. The molecule has 0 radical (unpaired) electrons. The number of carboxylic acids is 1. The number of nitrogens with one attached hydrogen (secondary N) is 1. The van der Waals surface area contributed by atoms with Crippen LogP contribution in [0.2, 0.25) is 0 Å². The first kappa shape index (κ1) is 16.4. The summed E-state index contributed by atoms with van der Waals surface area (Å²) in [7, 11) is 1.73. The molecule has 1 aromatic carbocycles. The lowest BCUT2D eigenvalue weighted by Crippen LogP contribution is -2.17. The Morgan fingerprint density at radius 3 is 2.70 bits per heavy atom. The minimum absolute atomic E-state index is 0.0353. The standard InChI is InChI=1S/C17H13N7O3/c1-23-14-7-13(11(17(26)27)6-10(14)8-19-23)20-16(25)12-2-3-15(22-21-12)24-5-4-18-9-24/h2-9H,1H3,(H,20,25)(H,26,27). The third-order valence-electron chi connectivity index (χ3n) is 4.02. The number of fused-ring (bicyclic) bond motifs is 1. The second kappa shape index (κ2) is 6.33. The molecule has 0 fully saturated rings. The second-order valence-corrected chi connectivity index (χ2v) is 5.73. The Morgan fingerprint density at radius 1 is 1.19 bits per heavy atom. The molecule has 27 heavy (non-hydrogen) atoms. The molecule has 2 N–H and O–H groups in total. The molecule has 10 heteroatoms. The highest BCUT2D eigenvalue weighted by Gasteiger charge is 2.17. The van der Waals surface area contributed by atoms with Crippen molar-refractivity contribution in [3.63, 3.8) is 0 Å². The van der Waals surface area contributed by atoms with Crippen molar-refractivity contribution < 1.29 is 14.7 Å². The zero-order chi connectivity index (χ0) is 19.0. The Labute approximate surface area is 152 Å². The van der Waals surface area contributed by atoms with Crippen molar-refractivity contribution in [2.45, 2.75) is 0 Å². The summed E-state index contributed by atoms with van der Waals surface area (Å²) in [6.45, 7) is 0. The number of anilines is 1. The highest BCUT2D eigenvalue weighted by molar-refractivity contribution is 6.08. The first-order chi connectivity index (χ1) is 13.0. The van der Waals surface area contributed by atoms with E-state index in [1.165, 1.54) is 12.1 Å². The highest BCUT2D eigenvalue weighted by Crippen LogP contribution is 2.24. The summed E-state index contributed by atoms with van der Waals surface area (Å²) < 4.78 is 3.24. The molecule has 0 aliphatic rings. The fourth-order valence-electron chi connectivity index (χ4n) is 2.65. The quantitative estimate of drug-likeness (QED) is 0.562. The molecular formula is C17H13N7O3. The van der Waals surface area contributed by atoms with Crippen molar-refractivity contribution in [2.24, 2.45) is 7.05 Å². The first-order valence-electron chi connectivity index (χ1n) is 7.85. The van der Waals surface area contributed by atoms with E-state index in [2.05, 4.69) is 25.6 Å². The summed E-state index contributed by atoms with van der Waals surface area (Å²) in [5, 5.41) is 24.7. The molecule has 3 aromatic heterocycles. The van der Waals surface area contributed by atoms with Crippen molar-refractivity contribution in [1.29, 1.82) is 0 Å². The van der Waals surface area contributed by atoms with Gasteiger partial charge in [-0.05, 0) is 24.3 Å². The Bertz CT molecular complexity index is 1150. The van der Waals surface area contributed by atoms with Crippen molar-refractivity contribution >= 4 is 28.5 Å². The maximum Gasteiger partial charge on any atom is 0.337 e. The van der Waals surface area contributed by atoms with Crippen LogP contribution in [0.25, 0.3) is 16.7 Å². The zero-order valence-electron chi connectivity index (χ0n) is 14.1. The van der Waals surface area contributed by atoms with E-state index in [0.717, 1.165) is 0 Å². The lowest BCUT2D eigenvalue weighted by Gasteiger charge is -2.09. The molecule has 0 aliphatic heterocycles. The van der Waals surface area contributed by atoms with Crippen LogP contribution in [0.1, 0.15) is 20.8 Å². The second-order valence-electron chi connectivity index (χ2n) is 5.73. The van der Waals surface area contributed by atoms with Crippen molar-refractivity contribution in [3.8, 4) is 5.82 Å². The van der Waals surface area contributed by atoms with Crippen LogP contribution in [0.3, 0.4) is 0 Å². The maximum absolute atomic E-state index is 12.5. The number of aromatic nitrogens is 6. The van der Waals surface area contributed by atoms with Gasteiger partial charge >= 0.3 is 5.97 Å².